The second-order valence-electron chi connectivity index (χ2n) is 3.68. The van der Waals surface area contributed by atoms with Gasteiger partial charge in [-0.2, -0.15) is 5.26 Å². The van der Waals surface area contributed by atoms with Crippen molar-refractivity contribution in [2.45, 2.75) is 6.42 Å². The van der Waals surface area contributed by atoms with Crippen molar-refractivity contribution in [3.05, 3.63) is 48.2 Å². The maximum absolute atomic E-state index is 10.5. The zero-order valence-corrected chi connectivity index (χ0v) is 9.63. The number of nitrogens with zero attached hydrogens (tertiary/aromatic N) is 2. The number of nitrogens with one attached hydrogen (secondary N) is 1. The van der Waals surface area contributed by atoms with Gasteiger partial charge in [0.25, 0.3) is 0 Å². The minimum atomic E-state index is 0.313. The van der Waals surface area contributed by atoms with Gasteiger partial charge >= 0.3 is 0 Å². The van der Waals surface area contributed by atoms with Gasteiger partial charge in [-0.15, -0.1) is 0 Å². The monoisotopic (exact) mass is 237 g/mol. The minimum absolute atomic E-state index is 0.313. The maximum atomic E-state index is 10.5. The molecule has 0 radical (unpaired) electrons. The SMILES string of the molecule is N#CCc1ccc(NC=O)cc1-c1ccccn1. The van der Waals surface area contributed by atoms with Gasteiger partial charge in [0, 0.05) is 17.4 Å². The van der Waals surface area contributed by atoms with Crippen LogP contribution in [-0.2, 0) is 11.2 Å². The van der Waals surface area contributed by atoms with E-state index in [0.29, 0.717) is 18.5 Å². The fraction of sp³-hybridized carbons (Fsp3) is 0.0714. The Kier molecular flexibility index (Phi) is 3.67. The van der Waals surface area contributed by atoms with E-state index in [0.717, 1.165) is 16.8 Å². The predicted molar refractivity (Wildman–Crippen MR) is 68.7 cm³/mol. The number of nitriles is 1. The van der Waals surface area contributed by atoms with Crippen molar-refractivity contribution in [3.63, 3.8) is 0 Å². The number of carbonyl (C=O) groups excluding carboxylic acids is 1. The molecule has 0 unspecified atom stereocenters. The summed E-state index contributed by atoms with van der Waals surface area (Å²) in [5.74, 6) is 0. The third kappa shape index (κ3) is 2.53. The average Bonchev–Trinajstić information content (AvgIpc) is 2.42. The number of rotatable bonds is 4. The van der Waals surface area contributed by atoms with E-state index < -0.39 is 0 Å². The van der Waals surface area contributed by atoms with E-state index in [1.54, 1.807) is 12.3 Å². The zero-order valence-electron chi connectivity index (χ0n) is 9.63. The highest BCUT2D eigenvalue weighted by atomic mass is 16.1. The first kappa shape index (κ1) is 11.8. The van der Waals surface area contributed by atoms with Crippen LogP contribution >= 0.6 is 0 Å². The highest BCUT2D eigenvalue weighted by molar-refractivity contribution is 5.76. The number of aromatic nitrogens is 1. The van der Waals surface area contributed by atoms with Gasteiger partial charge in [0.1, 0.15) is 0 Å². The zero-order chi connectivity index (χ0) is 12.8. The summed E-state index contributed by atoms with van der Waals surface area (Å²) in [6.45, 7) is 0. The summed E-state index contributed by atoms with van der Waals surface area (Å²) in [6.07, 6.45) is 2.64. The molecule has 1 aromatic carbocycles. The number of anilines is 1. The van der Waals surface area contributed by atoms with Gasteiger partial charge in [-0.05, 0) is 29.8 Å². The van der Waals surface area contributed by atoms with Crippen LogP contribution in [0.3, 0.4) is 0 Å². The Hall–Kier alpha value is -2.67. The fourth-order valence-corrected chi connectivity index (χ4v) is 1.73. The molecule has 2 aromatic rings. The van der Waals surface area contributed by atoms with Crippen LogP contribution in [0.1, 0.15) is 5.56 Å². The van der Waals surface area contributed by atoms with Gasteiger partial charge in [0.05, 0.1) is 18.2 Å². The van der Waals surface area contributed by atoms with E-state index in [2.05, 4.69) is 16.4 Å². The molecule has 1 aromatic heterocycles. The van der Waals surface area contributed by atoms with Crippen LogP contribution in [0.4, 0.5) is 5.69 Å². The van der Waals surface area contributed by atoms with Crippen molar-refractivity contribution >= 4 is 12.1 Å². The Balaban J connectivity index is 2.51. The second-order valence-corrected chi connectivity index (χ2v) is 3.68. The smallest absolute Gasteiger partial charge is 0.211 e. The molecule has 0 atom stereocenters. The molecule has 1 heterocycles. The van der Waals surface area contributed by atoms with Crippen LogP contribution in [0.2, 0.25) is 0 Å². The Bertz CT molecular complexity index is 588. The lowest BCUT2D eigenvalue weighted by Crippen LogP contribution is -1.97. The van der Waals surface area contributed by atoms with Crippen LogP contribution in [0, 0.1) is 11.3 Å². The van der Waals surface area contributed by atoms with E-state index in [1.165, 1.54) is 0 Å². The fourth-order valence-electron chi connectivity index (χ4n) is 1.73. The molecule has 0 bridgehead atoms. The first-order valence-electron chi connectivity index (χ1n) is 5.46. The Labute approximate surface area is 105 Å². The molecule has 4 heteroatoms. The highest BCUT2D eigenvalue weighted by Gasteiger charge is 2.07. The van der Waals surface area contributed by atoms with Crippen molar-refractivity contribution in [1.82, 2.24) is 4.98 Å². The largest absolute Gasteiger partial charge is 0.329 e. The van der Waals surface area contributed by atoms with Crippen LogP contribution in [-0.4, -0.2) is 11.4 Å². The van der Waals surface area contributed by atoms with Crippen LogP contribution in [0.15, 0.2) is 42.6 Å². The number of hydrogen-bond donors (Lipinski definition) is 1. The summed E-state index contributed by atoms with van der Waals surface area (Å²) in [5, 5.41) is 11.4. The summed E-state index contributed by atoms with van der Waals surface area (Å²) in [5.41, 5.74) is 3.24. The molecular weight excluding hydrogens is 226 g/mol. The van der Waals surface area contributed by atoms with E-state index >= 15 is 0 Å². The lowest BCUT2D eigenvalue weighted by molar-refractivity contribution is -0.105. The molecular formula is C14H11N3O. The standard InChI is InChI=1S/C14H11N3O/c15-7-6-11-4-5-12(17-10-18)9-13(11)14-3-1-2-8-16-14/h1-5,8-10H,6H2,(H,17,18). The third-order valence-corrected chi connectivity index (χ3v) is 2.55. The molecule has 0 spiro atoms. The summed E-state index contributed by atoms with van der Waals surface area (Å²) < 4.78 is 0. The normalized spacial score (nSPS) is 9.50. The van der Waals surface area contributed by atoms with E-state index in [9.17, 15) is 4.79 Å². The van der Waals surface area contributed by atoms with Crippen molar-refractivity contribution < 1.29 is 4.79 Å². The van der Waals surface area contributed by atoms with Crippen molar-refractivity contribution in [3.8, 4) is 17.3 Å². The molecule has 1 N–H and O–H groups in total. The average molecular weight is 237 g/mol. The number of hydrogen-bond acceptors (Lipinski definition) is 3. The van der Waals surface area contributed by atoms with Crippen LogP contribution < -0.4 is 5.32 Å². The Morgan fingerprint density at radius 3 is 2.89 bits per heavy atom. The molecule has 1 amide bonds. The molecule has 0 saturated carbocycles. The molecule has 0 aliphatic rings. The van der Waals surface area contributed by atoms with Crippen molar-refractivity contribution in [1.29, 1.82) is 5.26 Å². The molecule has 88 valence electrons. The molecule has 4 nitrogen and oxygen atoms in total. The lowest BCUT2D eigenvalue weighted by Gasteiger charge is -2.08. The van der Waals surface area contributed by atoms with Gasteiger partial charge in [-0.25, -0.2) is 0 Å². The Morgan fingerprint density at radius 2 is 2.22 bits per heavy atom. The predicted octanol–water partition coefficient (Wildman–Crippen LogP) is 2.38. The van der Waals surface area contributed by atoms with Gasteiger partial charge in [0.2, 0.25) is 6.41 Å². The highest BCUT2D eigenvalue weighted by Crippen LogP contribution is 2.25. The van der Waals surface area contributed by atoms with Crippen LogP contribution in [0.5, 0.6) is 0 Å². The third-order valence-electron chi connectivity index (χ3n) is 2.55. The van der Waals surface area contributed by atoms with Gasteiger partial charge in [-0.1, -0.05) is 12.1 Å². The molecule has 0 saturated heterocycles. The summed E-state index contributed by atoms with van der Waals surface area (Å²) in [6, 6.07) is 13.2. The molecule has 0 aliphatic heterocycles. The molecule has 0 aliphatic carbocycles. The van der Waals surface area contributed by atoms with Gasteiger partial charge < -0.3 is 5.32 Å². The molecule has 18 heavy (non-hydrogen) atoms. The van der Waals surface area contributed by atoms with E-state index in [4.69, 9.17) is 5.26 Å². The first-order valence-corrected chi connectivity index (χ1v) is 5.46. The van der Waals surface area contributed by atoms with Crippen molar-refractivity contribution in [2.24, 2.45) is 0 Å². The van der Waals surface area contributed by atoms with Crippen molar-refractivity contribution in [2.75, 3.05) is 5.32 Å². The van der Waals surface area contributed by atoms with E-state index in [1.807, 2.05) is 30.3 Å². The minimum Gasteiger partial charge on any atom is -0.329 e. The summed E-state index contributed by atoms with van der Waals surface area (Å²) >= 11 is 0. The summed E-state index contributed by atoms with van der Waals surface area (Å²) in [7, 11) is 0. The van der Waals surface area contributed by atoms with E-state index in [-0.39, 0.29) is 0 Å². The number of amides is 1. The molecule has 0 fully saturated rings. The van der Waals surface area contributed by atoms with Crippen LogP contribution in [0.25, 0.3) is 11.3 Å². The quantitative estimate of drug-likeness (QED) is 0.830. The number of carbonyl (C=O) groups is 1. The number of pyridine rings is 1. The number of benzene rings is 1. The topological polar surface area (TPSA) is 65.8 Å². The molecule has 2 rings (SSSR count). The lowest BCUT2D eigenvalue weighted by atomic mass is 10.0. The first-order chi connectivity index (χ1) is 8.85. The summed E-state index contributed by atoms with van der Waals surface area (Å²) in [4.78, 5) is 14.7. The second kappa shape index (κ2) is 5.60. The van der Waals surface area contributed by atoms with Gasteiger partial charge in [-0.3, -0.25) is 9.78 Å². The maximum Gasteiger partial charge on any atom is 0.211 e. The van der Waals surface area contributed by atoms with Gasteiger partial charge in [0.15, 0.2) is 0 Å². The Morgan fingerprint density at radius 1 is 1.33 bits per heavy atom.